The van der Waals surface area contributed by atoms with Crippen molar-refractivity contribution in [1.29, 1.82) is 0 Å². The van der Waals surface area contributed by atoms with Gasteiger partial charge in [-0.05, 0) is 0 Å². The number of carbonyl (C=O) groups excluding carboxylic acids is 2. The quantitative estimate of drug-likeness (QED) is 0.124. The van der Waals surface area contributed by atoms with Crippen molar-refractivity contribution in [2.24, 2.45) is 33.1 Å². The first-order valence-electron chi connectivity index (χ1n) is 3.87. The molecule has 10 heteroatoms. The van der Waals surface area contributed by atoms with Crippen LogP contribution in [0.25, 0.3) is 0 Å². The molecule has 0 aromatic rings. The van der Waals surface area contributed by atoms with Gasteiger partial charge in [-0.3, -0.25) is 9.59 Å². The molecule has 0 aromatic heterocycles. The highest BCUT2D eigenvalue weighted by Crippen LogP contribution is 1.75. The predicted molar refractivity (Wildman–Crippen MR) is 57.0 cm³/mol. The van der Waals surface area contributed by atoms with Crippen LogP contribution in [0.5, 0.6) is 0 Å². The Hall–Kier alpha value is -2.78. The van der Waals surface area contributed by atoms with Crippen LogP contribution < -0.4 is 33.8 Å². The van der Waals surface area contributed by atoms with Crippen LogP contribution in [0.15, 0.2) is 22.4 Å². The van der Waals surface area contributed by atoms with Crippen LogP contribution in [0.2, 0.25) is 0 Å². The summed E-state index contributed by atoms with van der Waals surface area (Å²) in [6.45, 7) is 0. The maximum Gasteiger partial charge on any atom is 0.264 e. The third-order valence-corrected chi connectivity index (χ3v) is 0.976. The molecule has 0 aliphatic heterocycles. The molecule has 0 radical (unpaired) electrons. The van der Waals surface area contributed by atoms with Crippen LogP contribution in [0.4, 0.5) is 0 Å². The van der Waals surface area contributed by atoms with Gasteiger partial charge in [0.15, 0.2) is 0 Å². The van der Waals surface area contributed by atoms with Crippen molar-refractivity contribution in [3.8, 4) is 0 Å². The summed E-state index contributed by atoms with van der Waals surface area (Å²) >= 11 is 0. The highest BCUT2D eigenvalue weighted by atomic mass is 16.2. The molecule has 0 fully saturated rings. The minimum atomic E-state index is -0.687. The van der Waals surface area contributed by atoms with Gasteiger partial charge >= 0.3 is 0 Å². The van der Waals surface area contributed by atoms with E-state index in [1.165, 1.54) is 0 Å². The zero-order valence-electron chi connectivity index (χ0n) is 8.18. The van der Waals surface area contributed by atoms with E-state index in [0.29, 0.717) is 0 Å². The molecule has 2 amide bonds. The van der Waals surface area contributed by atoms with Crippen molar-refractivity contribution in [3.05, 3.63) is 12.2 Å². The molecule has 0 bridgehead atoms. The average Bonchev–Trinajstić information content (AvgIpc) is 2.20. The van der Waals surface area contributed by atoms with Gasteiger partial charge in [0.05, 0.1) is 0 Å². The lowest BCUT2D eigenvalue weighted by atomic mass is 10.4. The first-order chi connectivity index (χ1) is 7.41. The molecule has 0 rings (SSSR count). The van der Waals surface area contributed by atoms with Crippen molar-refractivity contribution in [2.45, 2.75) is 0 Å². The van der Waals surface area contributed by atoms with E-state index in [1.54, 1.807) is 0 Å². The Kier molecular flexibility index (Phi) is 5.49. The van der Waals surface area contributed by atoms with Crippen LogP contribution in [-0.2, 0) is 9.59 Å². The van der Waals surface area contributed by atoms with E-state index in [0.717, 1.165) is 12.2 Å². The average molecular weight is 228 g/mol. The number of nitrogens with two attached hydrogens (primary N) is 4. The molecule has 0 spiro atoms. The lowest BCUT2D eigenvalue weighted by Crippen LogP contribution is -2.29. The van der Waals surface area contributed by atoms with E-state index in [4.69, 9.17) is 22.9 Å². The fourth-order valence-corrected chi connectivity index (χ4v) is 0.465. The third-order valence-electron chi connectivity index (χ3n) is 0.976. The second-order valence-corrected chi connectivity index (χ2v) is 2.36. The second-order valence-electron chi connectivity index (χ2n) is 2.36. The zero-order chi connectivity index (χ0) is 12.6. The van der Waals surface area contributed by atoms with Gasteiger partial charge in [0.25, 0.3) is 11.8 Å². The Balaban J connectivity index is 4.08. The Labute approximate surface area is 90.4 Å². The summed E-state index contributed by atoms with van der Waals surface area (Å²) in [7, 11) is 0. The lowest BCUT2D eigenvalue weighted by Gasteiger charge is -1.94. The van der Waals surface area contributed by atoms with Crippen molar-refractivity contribution in [3.63, 3.8) is 0 Å². The molecule has 16 heavy (non-hydrogen) atoms. The summed E-state index contributed by atoms with van der Waals surface area (Å²) < 4.78 is 0. The highest BCUT2D eigenvalue weighted by molar-refractivity contribution is 5.97. The first-order valence-corrected chi connectivity index (χ1v) is 3.87. The van der Waals surface area contributed by atoms with E-state index >= 15 is 0 Å². The van der Waals surface area contributed by atoms with Crippen LogP contribution in [0.3, 0.4) is 0 Å². The van der Waals surface area contributed by atoms with E-state index in [-0.39, 0.29) is 11.9 Å². The smallest absolute Gasteiger partial charge is 0.264 e. The molecule has 10 N–H and O–H groups in total. The van der Waals surface area contributed by atoms with Gasteiger partial charge in [0, 0.05) is 12.2 Å². The summed E-state index contributed by atoms with van der Waals surface area (Å²) in [6.07, 6.45) is 1.79. The Bertz CT molecular complexity index is 316. The number of guanidine groups is 2. The van der Waals surface area contributed by atoms with Gasteiger partial charge in [-0.15, -0.1) is 10.2 Å². The largest absolute Gasteiger partial charge is 0.369 e. The molecular formula is C6H12N8O2. The number of rotatable bonds is 4. The first kappa shape index (κ1) is 13.2. The van der Waals surface area contributed by atoms with Gasteiger partial charge in [-0.2, -0.15) is 0 Å². The molecule has 0 saturated carbocycles. The topological polar surface area (TPSA) is 187 Å². The molecule has 0 heterocycles. The lowest BCUT2D eigenvalue weighted by molar-refractivity contribution is -0.118. The summed E-state index contributed by atoms with van der Waals surface area (Å²) in [5.41, 5.74) is 23.7. The Morgan fingerprint density at radius 3 is 1.38 bits per heavy atom. The number of nitrogens with zero attached hydrogens (tertiary/aromatic N) is 2. The van der Waals surface area contributed by atoms with Crippen LogP contribution in [0.1, 0.15) is 0 Å². The van der Waals surface area contributed by atoms with E-state index < -0.39 is 11.8 Å². The SMILES string of the molecule is NC(N)=NNC(=O)C=CC(=O)NN=C(N)N. The van der Waals surface area contributed by atoms with Crippen LogP contribution in [-0.4, -0.2) is 23.7 Å². The molecule has 0 aromatic carbocycles. The maximum atomic E-state index is 10.9. The zero-order valence-corrected chi connectivity index (χ0v) is 8.18. The fraction of sp³-hybridized carbons (Fsp3) is 0. The van der Waals surface area contributed by atoms with Crippen molar-refractivity contribution in [1.82, 2.24) is 10.9 Å². The van der Waals surface area contributed by atoms with Crippen molar-refractivity contribution < 1.29 is 9.59 Å². The number of hydrogen-bond acceptors (Lipinski definition) is 4. The van der Waals surface area contributed by atoms with Crippen LogP contribution >= 0.6 is 0 Å². The van der Waals surface area contributed by atoms with Crippen molar-refractivity contribution >= 4 is 23.7 Å². The standard InChI is InChI=1S/C6H12N8O2/c7-5(8)13-11-3(15)1-2-4(16)12-14-6(9)10/h1-2H,(H,11,15)(H,12,16)(H4,7,8,13)(H4,9,10,14). The summed E-state index contributed by atoms with van der Waals surface area (Å²) in [4.78, 5) is 21.8. The number of hydrogen-bond donors (Lipinski definition) is 6. The Morgan fingerprint density at radius 2 is 1.12 bits per heavy atom. The number of carbonyl (C=O) groups is 2. The number of nitrogens with one attached hydrogen (secondary N) is 2. The summed E-state index contributed by atoms with van der Waals surface area (Å²) in [5.74, 6) is -2.00. The van der Waals surface area contributed by atoms with Gasteiger partial charge in [-0.25, -0.2) is 10.9 Å². The normalized spacial score (nSPS) is 9.25. The van der Waals surface area contributed by atoms with Crippen molar-refractivity contribution in [2.75, 3.05) is 0 Å². The molecule has 0 unspecified atom stereocenters. The van der Waals surface area contributed by atoms with Crippen LogP contribution in [0, 0.1) is 0 Å². The highest BCUT2D eigenvalue weighted by Gasteiger charge is 1.96. The fourth-order valence-electron chi connectivity index (χ4n) is 0.465. The maximum absolute atomic E-state index is 10.9. The molecule has 88 valence electrons. The minimum absolute atomic E-state index is 0.313. The molecule has 0 atom stereocenters. The summed E-state index contributed by atoms with van der Waals surface area (Å²) in [5, 5.41) is 6.40. The molecule has 0 saturated heterocycles. The third kappa shape index (κ3) is 7.85. The van der Waals surface area contributed by atoms with Gasteiger partial charge in [-0.1, -0.05) is 0 Å². The monoisotopic (exact) mass is 228 g/mol. The van der Waals surface area contributed by atoms with Gasteiger partial charge < -0.3 is 22.9 Å². The number of amides is 2. The minimum Gasteiger partial charge on any atom is -0.369 e. The molecule has 10 nitrogen and oxygen atoms in total. The van der Waals surface area contributed by atoms with Gasteiger partial charge in [0.2, 0.25) is 11.9 Å². The second kappa shape index (κ2) is 6.64. The number of hydrazone groups is 2. The van der Waals surface area contributed by atoms with E-state index in [2.05, 4.69) is 10.2 Å². The molecule has 0 aliphatic carbocycles. The van der Waals surface area contributed by atoms with E-state index in [9.17, 15) is 9.59 Å². The predicted octanol–water partition coefficient (Wildman–Crippen LogP) is -3.85. The molecule has 0 aliphatic rings. The molecular weight excluding hydrogens is 216 g/mol. The Morgan fingerprint density at radius 1 is 0.812 bits per heavy atom. The summed E-state index contributed by atoms with van der Waals surface area (Å²) in [6, 6.07) is 0. The van der Waals surface area contributed by atoms with E-state index in [1.807, 2.05) is 10.9 Å². The van der Waals surface area contributed by atoms with Gasteiger partial charge in [0.1, 0.15) is 0 Å².